The maximum atomic E-state index is 11.1. The van der Waals surface area contributed by atoms with Gasteiger partial charge in [0.15, 0.2) is 17.5 Å². The fourth-order valence-corrected chi connectivity index (χ4v) is 3.19. The summed E-state index contributed by atoms with van der Waals surface area (Å²) in [6, 6.07) is 5.32. The lowest BCUT2D eigenvalue weighted by molar-refractivity contribution is -0.0595. The van der Waals surface area contributed by atoms with Crippen LogP contribution >= 0.6 is 0 Å². The number of rotatable bonds is 5. The molecule has 11 heteroatoms. The van der Waals surface area contributed by atoms with Gasteiger partial charge in [0.1, 0.15) is 30.1 Å². The smallest absolute Gasteiger partial charge is 0.450 e. The molecular formula is C17H20N6O5. The van der Waals surface area contributed by atoms with Gasteiger partial charge >= 0.3 is 6.16 Å². The molecule has 2 aromatic rings. The molecule has 0 amide bonds. The van der Waals surface area contributed by atoms with Gasteiger partial charge in [-0.3, -0.25) is 0 Å². The SMILES string of the molecule is CC[C@@]1(C#N)O[C@@H](c2ccc3c(/N=C\N(C)C)ncnn23)[C@H](O)[C@@H]1OC(=O)O. The molecule has 1 saturated heterocycles. The van der Waals surface area contributed by atoms with E-state index in [0.29, 0.717) is 17.0 Å². The van der Waals surface area contributed by atoms with Crippen molar-refractivity contribution in [3.05, 3.63) is 24.2 Å². The Balaban J connectivity index is 2.04. The third kappa shape index (κ3) is 3.23. The van der Waals surface area contributed by atoms with Gasteiger partial charge < -0.3 is 24.6 Å². The summed E-state index contributed by atoms with van der Waals surface area (Å²) in [6.07, 6.45) is -2.34. The maximum absolute atomic E-state index is 11.1. The number of hydrogen-bond donors (Lipinski definition) is 2. The third-order valence-corrected chi connectivity index (χ3v) is 4.52. The number of carboxylic acid groups (broad SMARTS) is 1. The van der Waals surface area contributed by atoms with Crippen LogP contribution in [-0.2, 0) is 9.47 Å². The largest absolute Gasteiger partial charge is 0.506 e. The molecule has 3 heterocycles. The van der Waals surface area contributed by atoms with Crippen LogP contribution in [0.25, 0.3) is 5.52 Å². The molecule has 0 aliphatic carbocycles. The van der Waals surface area contributed by atoms with Crippen LogP contribution in [0.4, 0.5) is 10.6 Å². The monoisotopic (exact) mass is 388 g/mol. The first kappa shape index (κ1) is 19.5. The Bertz CT molecular complexity index is 951. The fourth-order valence-electron chi connectivity index (χ4n) is 3.19. The van der Waals surface area contributed by atoms with Gasteiger partial charge in [0.05, 0.1) is 12.0 Å². The molecule has 1 aliphatic heterocycles. The van der Waals surface area contributed by atoms with Crippen molar-refractivity contribution < 1.29 is 24.5 Å². The maximum Gasteiger partial charge on any atom is 0.506 e. The summed E-state index contributed by atoms with van der Waals surface area (Å²) in [6.45, 7) is 1.66. The van der Waals surface area contributed by atoms with Crippen molar-refractivity contribution in [3.63, 3.8) is 0 Å². The van der Waals surface area contributed by atoms with Gasteiger partial charge in [-0.1, -0.05) is 6.92 Å². The molecular weight excluding hydrogens is 368 g/mol. The molecule has 0 saturated carbocycles. The summed E-state index contributed by atoms with van der Waals surface area (Å²) < 4.78 is 12.1. The number of hydrogen-bond acceptors (Lipinski definition) is 8. The van der Waals surface area contributed by atoms with E-state index in [2.05, 4.69) is 15.1 Å². The number of aliphatic hydroxyl groups is 1. The molecule has 1 aliphatic rings. The zero-order chi connectivity index (χ0) is 20.5. The first-order chi connectivity index (χ1) is 13.3. The average Bonchev–Trinajstić information content (AvgIpc) is 3.20. The number of aliphatic imine (C=N–C) groups is 1. The summed E-state index contributed by atoms with van der Waals surface area (Å²) in [4.78, 5) is 21.2. The van der Waals surface area contributed by atoms with E-state index in [1.807, 2.05) is 20.2 Å². The van der Waals surface area contributed by atoms with Crippen molar-refractivity contribution in [3.8, 4) is 6.07 Å². The number of nitriles is 1. The topological polar surface area (TPSA) is 146 Å². The highest BCUT2D eigenvalue weighted by atomic mass is 16.7. The third-order valence-electron chi connectivity index (χ3n) is 4.52. The van der Waals surface area contributed by atoms with E-state index in [-0.39, 0.29) is 6.42 Å². The van der Waals surface area contributed by atoms with E-state index in [1.54, 1.807) is 30.3 Å². The summed E-state index contributed by atoms with van der Waals surface area (Å²) in [5.41, 5.74) is -0.616. The average molecular weight is 388 g/mol. The molecule has 28 heavy (non-hydrogen) atoms. The second kappa shape index (κ2) is 7.41. The standard InChI is InChI=1S/C17H20N6O5/c1-4-17(7-18)14(27-16(25)26)12(24)13(28-17)10-5-6-11-15(20-9-22(2)3)19-8-21-23(10)11/h5-6,8-9,12-14,24H,4H2,1-3H3,(H,25,26)/b20-9-/t12-,13-,14-,17-/m0/s1. The van der Waals surface area contributed by atoms with Crippen molar-refractivity contribution in [1.82, 2.24) is 19.5 Å². The minimum absolute atomic E-state index is 0.131. The van der Waals surface area contributed by atoms with Gasteiger partial charge in [-0.25, -0.2) is 19.3 Å². The zero-order valence-electron chi connectivity index (χ0n) is 15.6. The normalized spacial score (nSPS) is 27.2. The van der Waals surface area contributed by atoms with Gasteiger partial charge in [0, 0.05) is 14.1 Å². The summed E-state index contributed by atoms with van der Waals surface area (Å²) in [5.74, 6) is 0.405. The van der Waals surface area contributed by atoms with Crippen molar-refractivity contribution in [2.24, 2.45) is 4.99 Å². The molecule has 0 aromatic carbocycles. The molecule has 2 N–H and O–H groups in total. The predicted molar refractivity (Wildman–Crippen MR) is 96.2 cm³/mol. The van der Waals surface area contributed by atoms with Crippen LogP contribution in [0.5, 0.6) is 0 Å². The summed E-state index contributed by atoms with van der Waals surface area (Å²) in [7, 11) is 3.64. The Hall–Kier alpha value is -3.23. The van der Waals surface area contributed by atoms with Crippen LogP contribution in [0.3, 0.4) is 0 Å². The number of aromatic nitrogens is 3. The molecule has 0 radical (unpaired) electrons. The molecule has 0 bridgehead atoms. The van der Waals surface area contributed by atoms with E-state index in [4.69, 9.17) is 14.6 Å². The Morgan fingerprint density at radius 3 is 2.93 bits per heavy atom. The molecule has 3 rings (SSSR count). The van der Waals surface area contributed by atoms with Gasteiger partial charge in [0.2, 0.25) is 0 Å². The molecule has 0 unspecified atom stereocenters. The van der Waals surface area contributed by atoms with Crippen molar-refractivity contribution in [2.45, 2.75) is 37.3 Å². The second-order valence-corrected chi connectivity index (χ2v) is 6.54. The molecule has 11 nitrogen and oxygen atoms in total. The first-order valence-electron chi connectivity index (χ1n) is 8.53. The number of carbonyl (C=O) groups is 1. The van der Waals surface area contributed by atoms with Gasteiger partial charge in [-0.15, -0.1) is 0 Å². The second-order valence-electron chi connectivity index (χ2n) is 6.54. The highest BCUT2D eigenvalue weighted by Gasteiger charge is 2.58. The van der Waals surface area contributed by atoms with E-state index in [1.165, 1.54) is 10.8 Å². The van der Waals surface area contributed by atoms with Gasteiger partial charge in [-0.2, -0.15) is 10.4 Å². The highest BCUT2D eigenvalue weighted by Crippen LogP contribution is 2.43. The van der Waals surface area contributed by atoms with Crippen LogP contribution in [-0.4, -0.2) is 74.1 Å². The summed E-state index contributed by atoms with van der Waals surface area (Å²) in [5, 5.41) is 33.5. The van der Waals surface area contributed by atoms with E-state index in [9.17, 15) is 15.2 Å². The number of nitrogens with zero attached hydrogens (tertiary/aromatic N) is 6. The Morgan fingerprint density at radius 2 is 2.32 bits per heavy atom. The van der Waals surface area contributed by atoms with Crippen LogP contribution in [0.2, 0.25) is 0 Å². The lowest BCUT2D eigenvalue weighted by Gasteiger charge is -2.25. The van der Waals surface area contributed by atoms with Crippen molar-refractivity contribution >= 4 is 23.8 Å². The molecule has 1 fully saturated rings. The number of aliphatic hydroxyl groups excluding tert-OH is 1. The van der Waals surface area contributed by atoms with Gasteiger partial charge in [0.25, 0.3) is 0 Å². The number of fused-ring (bicyclic) bond motifs is 1. The lowest BCUT2D eigenvalue weighted by Crippen LogP contribution is -2.44. The zero-order valence-corrected chi connectivity index (χ0v) is 15.6. The quantitative estimate of drug-likeness (QED) is 0.437. The van der Waals surface area contributed by atoms with Crippen LogP contribution in [0.1, 0.15) is 25.1 Å². The van der Waals surface area contributed by atoms with Crippen molar-refractivity contribution in [1.29, 1.82) is 5.26 Å². The number of ether oxygens (including phenoxy) is 2. The molecule has 4 atom stereocenters. The van der Waals surface area contributed by atoms with E-state index < -0.39 is 30.1 Å². The minimum Gasteiger partial charge on any atom is -0.450 e. The molecule has 148 valence electrons. The Kier molecular flexibility index (Phi) is 5.17. The van der Waals surface area contributed by atoms with Crippen LogP contribution < -0.4 is 0 Å². The van der Waals surface area contributed by atoms with E-state index in [0.717, 1.165) is 0 Å². The lowest BCUT2D eigenvalue weighted by atomic mass is 9.93. The molecule has 2 aromatic heterocycles. The predicted octanol–water partition coefficient (Wildman–Crippen LogP) is 1.12. The first-order valence-corrected chi connectivity index (χ1v) is 8.53. The van der Waals surface area contributed by atoms with Crippen molar-refractivity contribution in [2.75, 3.05) is 14.1 Å². The Labute approximate surface area is 160 Å². The summed E-state index contributed by atoms with van der Waals surface area (Å²) >= 11 is 0. The Morgan fingerprint density at radius 1 is 1.57 bits per heavy atom. The van der Waals surface area contributed by atoms with Gasteiger partial charge in [-0.05, 0) is 18.6 Å². The van der Waals surface area contributed by atoms with Crippen LogP contribution in [0.15, 0.2) is 23.5 Å². The molecule has 0 spiro atoms. The highest BCUT2D eigenvalue weighted by molar-refractivity contribution is 5.71. The fraction of sp³-hybridized carbons (Fsp3) is 0.471. The minimum atomic E-state index is -1.61. The van der Waals surface area contributed by atoms with Crippen LogP contribution in [0, 0.1) is 11.3 Å². The van der Waals surface area contributed by atoms with E-state index >= 15 is 0 Å².